The van der Waals surface area contributed by atoms with E-state index >= 15 is 0 Å². The first-order chi connectivity index (χ1) is 28.3. The van der Waals surface area contributed by atoms with E-state index in [0.717, 1.165) is 60.9 Å². The van der Waals surface area contributed by atoms with Crippen molar-refractivity contribution in [2.24, 2.45) is 0 Å². The molecule has 0 atom stereocenters. The van der Waals surface area contributed by atoms with Crippen molar-refractivity contribution in [2.45, 2.75) is 0 Å². The highest BCUT2D eigenvalue weighted by Crippen LogP contribution is 2.40. The second-order valence-electron chi connectivity index (χ2n) is 14.5. The van der Waals surface area contributed by atoms with Crippen LogP contribution in [0.25, 0.3) is 106 Å². The van der Waals surface area contributed by atoms with Crippen LogP contribution in [0.15, 0.2) is 194 Å². The third-order valence-electron chi connectivity index (χ3n) is 11.3. The Morgan fingerprint density at radius 3 is 1.28 bits per heavy atom. The predicted octanol–water partition coefficient (Wildman–Crippen LogP) is 12.5. The molecule has 0 unspecified atom stereocenters. The molecule has 6 heteroatoms. The van der Waals surface area contributed by atoms with Gasteiger partial charge in [0.2, 0.25) is 5.95 Å². The van der Waals surface area contributed by atoms with Crippen LogP contribution in [-0.2, 0) is 0 Å². The number of hydrogen-bond acceptors (Lipinski definition) is 3. The lowest BCUT2D eigenvalue weighted by Crippen LogP contribution is -2.06. The fourth-order valence-electron chi connectivity index (χ4n) is 8.80. The molecule has 0 saturated carbocycles. The lowest BCUT2D eigenvalue weighted by atomic mass is 10.1. The van der Waals surface area contributed by atoms with Crippen LogP contribution < -0.4 is 0 Å². The summed E-state index contributed by atoms with van der Waals surface area (Å²) >= 11 is 0. The van der Waals surface area contributed by atoms with Gasteiger partial charge in [-0.1, -0.05) is 133 Å². The molecular weight excluding hydrogens is 697 g/mol. The molecule has 266 valence electrons. The summed E-state index contributed by atoms with van der Waals surface area (Å²) in [6.45, 7) is 0. The van der Waals surface area contributed by atoms with Gasteiger partial charge in [0.05, 0.1) is 33.1 Å². The smallest absolute Gasteiger partial charge is 0.238 e. The minimum atomic E-state index is 0.564. The SMILES string of the molecule is c1ccc(-c2nc(-c3cccc(-n4c5ccccc5c5ccccc54)c3)nc(-n3c4ccccc4c4cc5c6ccccc6n(-c6ccccc6)c5cc43)n2)cc1. The van der Waals surface area contributed by atoms with Crippen molar-refractivity contribution in [3.63, 3.8) is 0 Å². The van der Waals surface area contributed by atoms with Crippen LogP contribution in [0.1, 0.15) is 0 Å². The standard InChI is InChI=1S/C51H32N6/c1-3-16-33(17-4-1)49-52-50(34-18-15-21-36(30-34)56-43-26-11-7-22-37(43)38-23-8-12-27-44(38)56)54-51(53-49)57-46-29-14-10-25-40(46)42-31-41-39-24-9-13-28-45(39)55(47(41)32-48(42)57)35-19-5-2-6-20-35/h1-32H. The maximum absolute atomic E-state index is 5.35. The fourth-order valence-corrected chi connectivity index (χ4v) is 8.80. The second-order valence-corrected chi connectivity index (χ2v) is 14.5. The van der Waals surface area contributed by atoms with Crippen LogP contribution in [0.2, 0.25) is 0 Å². The summed E-state index contributed by atoms with van der Waals surface area (Å²) in [6, 6.07) is 68.4. The first-order valence-corrected chi connectivity index (χ1v) is 19.2. The van der Waals surface area contributed by atoms with E-state index in [1.165, 1.54) is 27.1 Å². The summed E-state index contributed by atoms with van der Waals surface area (Å²) in [5.74, 6) is 1.78. The molecule has 0 aliphatic heterocycles. The highest BCUT2D eigenvalue weighted by molar-refractivity contribution is 6.19. The zero-order valence-electron chi connectivity index (χ0n) is 30.7. The molecular formula is C51H32N6. The Hall–Kier alpha value is -7.83. The highest BCUT2D eigenvalue weighted by Gasteiger charge is 2.21. The van der Waals surface area contributed by atoms with E-state index in [1.54, 1.807) is 0 Å². The van der Waals surface area contributed by atoms with Gasteiger partial charge >= 0.3 is 0 Å². The maximum Gasteiger partial charge on any atom is 0.238 e. The van der Waals surface area contributed by atoms with Crippen molar-refractivity contribution >= 4 is 65.4 Å². The second kappa shape index (κ2) is 12.3. The number of rotatable bonds is 5. The van der Waals surface area contributed by atoms with Gasteiger partial charge in [0.25, 0.3) is 0 Å². The van der Waals surface area contributed by atoms with Crippen LogP contribution in [0, 0.1) is 0 Å². The Balaban J connectivity index is 1.13. The monoisotopic (exact) mass is 728 g/mol. The third kappa shape index (κ3) is 4.81. The van der Waals surface area contributed by atoms with E-state index in [2.05, 4.69) is 190 Å². The lowest BCUT2D eigenvalue weighted by Gasteiger charge is -2.13. The molecule has 0 saturated heterocycles. The van der Waals surface area contributed by atoms with Crippen molar-refractivity contribution in [1.82, 2.24) is 28.7 Å². The van der Waals surface area contributed by atoms with Gasteiger partial charge in [-0.25, -0.2) is 4.98 Å². The maximum atomic E-state index is 5.35. The number of nitrogens with zero attached hydrogens (tertiary/aromatic N) is 6. The van der Waals surface area contributed by atoms with Gasteiger partial charge in [0.1, 0.15) is 0 Å². The number of benzene rings is 8. The first-order valence-electron chi connectivity index (χ1n) is 19.2. The normalized spacial score (nSPS) is 11.9. The molecule has 57 heavy (non-hydrogen) atoms. The molecule has 0 N–H and O–H groups in total. The number of para-hydroxylation sites is 5. The minimum Gasteiger partial charge on any atom is -0.309 e. The number of aromatic nitrogens is 6. The van der Waals surface area contributed by atoms with Gasteiger partial charge in [-0.05, 0) is 60.7 Å². The van der Waals surface area contributed by atoms with Gasteiger partial charge in [0.15, 0.2) is 11.6 Å². The molecule has 6 nitrogen and oxygen atoms in total. The molecule has 12 aromatic rings. The molecule has 0 radical (unpaired) electrons. The predicted molar refractivity (Wildman–Crippen MR) is 234 cm³/mol. The minimum absolute atomic E-state index is 0.564. The average molecular weight is 729 g/mol. The van der Waals surface area contributed by atoms with Crippen molar-refractivity contribution in [3.8, 4) is 40.1 Å². The van der Waals surface area contributed by atoms with Crippen molar-refractivity contribution in [1.29, 1.82) is 0 Å². The van der Waals surface area contributed by atoms with Gasteiger partial charge in [-0.3, -0.25) is 4.57 Å². The van der Waals surface area contributed by atoms with E-state index < -0.39 is 0 Å². The van der Waals surface area contributed by atoms with Crippen LogP contribution >= 0.6 is 0 Å². The van der Waals surface area contributed by atoms with E-state index in [-0.39, 0.29) is 0 Å². The van der Waals surface area contributed by atoms with Crippen molar-refractivity contribution in [2.75, 3.05) is 0 Å². The molecule has 4 heterocycles. The molecule has 0 amide bonds. The molecule has 0 bridgehead atoms. The van der Waals surface area contributed by atoms with Crippen LogP contribution in [0.5, 0.6) is 0 Å². The summed E-state index contributed by atoms with van der Waals surface area (Å²) in [7, 11) is 0. The average Bonchev–Trinajstić information content (AvgIpc) is 3.91. The quantitative estimate of drug-likeness (QED) is 0.177. The number of hydrogen-bond donors (Lipinski definition) is 0. The van der Waals surface area contributed by atoms with Crippen molar-refractivity contribution < 1.29 is 0 Å². The van der Waals surface area contributed by atoms with Crippen LogP contribution in [-0.4, -0.2) is 28.7 Å². The van der Waals surface area contributed by atoms with Gasteiger partial charge < -0.3 is 9.13 Å². The molecule has 0 spiro atoms. The van der Waals surface area contributed by atoms with Gasteiger partial charge in [0, 0.05) is 54.8 Å². The van der Waals surface area contributed by atoms with E-state index in [1.807, 2.05) is 18.2 Å². The van der Waals surface area contributed by atoms with E-state index in [4.69, 9.17) is 15.0 Å². The first kappa shape index (κ1) is 31.5. The van der Waals surface area contributed by atoms with E-state index in [9.17, 15) is 0 Å². The Kier molecular flexibility index (Phi) is 6.83. The van der Waals surface area contributed by atoms with Crippen LogP contribution in [0.3, 0.4) is 0 Å². The summed E-state index contributed by atoms with van der Waals surface area (Å²) in [5, 5.41) is 7.14. The number of fused-ring (bicyclic) bond motifs is 9. The molecule has 4 aromatic heterocycles. The molecule has 0 aliphatic rings. The highest BCUT2D eigenvalue weighted by atomic mass is 15.2. The van der Waals surface area contributed by atoms with Gasteiger partial charge in [-0.2, -0.15) is 9.97 Å². The Morgan fingerprint density at radius 2 is 0.684 bits per heavy atom. The summed E-state index contributed by atoms with van der Waals surface area (Å²) < 4.78 is 6.91. The van der Waals surface area contributed by atoms with Crippen LogP contribution in [0.4, 0.5) is 0 Å². The fraction of sp³-hybridized carbons (Fsp3) is 0. The zero-order valence-corrected chi connectivity index (χ0v) is 30.7. The Morgan fingerprint density at radius 1 is 0.263 bits per heavy atom. The molecule has 8 aromatic carbocycles. The Labute approximate surface area is 327 Å². The lowest BCUT2D eigenvalue weighted by molar-refractivity contribution is 0.953. The summed E-state index contributed by atoms with van der Waals surface area (Å²) in [4.78, 5) is 15.8. The summed E-state index contributed by atoms with van der Waals surface area (Å²) in [5.41, 5.74) is 10.6. The summed E-state index contributed by atoms with van der Waals surface area (Å²) in [6.07, 6.45) is 0. The van der Waals surface area contributed by atoms with Gasteiger partial charge in [-0.15, -0.1) is 0 Å². The molecule has 12 rings (SSSR count). The zero-order chi connectivity index (χ0) is 37.5. The van der Waals surface area contributed by atoms with E-state index in [0.29, 0.717) is 17.6 Å². The molecule has 0 aliphatic carbocycles. The third-order valence-corrected chi connectivity index (χ3v) is 11.3. The topological polar surface area (TPSA) is 53.5 Å². The molecule has 0 fully saturated rings. The Bertz CT molecular complexity index is 3470. The van der Waals surface area contributed by atoms with Crippen molar-refractivity contribution in [3.05, 3.63) is 194 Å². The largest absolute Gasteiger partial charge is 0.309 e.